The van der Waals surface area contributed by atoms with Gasteiger partial charge in [-0.25, -0.2) is 4.98 Å². The van der Waals surface area contributed by atoms with Gasteiger partial charge >= 0.3 is 0 Å². The van der Waals surface area contributed by atoms with Gasteiger partial charge in [0.1, 0.15) is 11.1 Å². The number of aryl methyl sites for hydroxylation is 1. The van der Waals surface area contributed by atoms with E-state index >= 15 is 0 Å². The average molecular weight is 368 g/mol. The molecule has 3 rings (SSSR count). The van der Waals surface area contributed by atoms with Crippen molar-refractivity contribution in [2.24, 2.45) is 0 Å². The number of aromatic nitrogens is 2. The first-order valence-corrected chi connectivity index (χ1v) is 8.40. The Kier molecular flexibility index (Phi) is 5.07. The topological polar surface area (TPSA) is 108 Å². The van der Waals surface area contributed by atoms with Crippen molar-refractivity contribution in [3.05, 3.63) is 63.4 Å². The van der Waals surface area contributed by atoms with Crippen LogP contribution in [0.2, 0.25) is 0 Å². The van der Waals surface area contributed by atoms with Crippen molar-refractivity contribution in [3.63, 3.8) is 0 Å². The van der Waals surface area contributed by atoms with E-state index in [1.807, 2.05) is 24.3 Å². The summed E-state index contributed by atoms with van der Waals surface area (Å²) in [4.78, 5) is 44.6. The van der Waals surface area contributed by atoms with Gasteiger partial charge in [0, 0.05) is 20.6 Å². The number of hydrogen-bond donors (Lipinski definition) is 2. The predicted molar refractivity (Wildman–Crippen MR) is 99.4 cm³/mol. The van der Waals surface area contributed by atoms with Crippen LogP contribution in [-0.2, 0) is 17.8 Å². The number of rotatable bonds is 5. The van der Waals surface area contributed by atoms with Gasteiger partial charge in [-0.05, 0) is 18.1 Å². The molecule has 0 bridgehead atoms. The van der Waals surface area contributed by atoms with Gasteiger partial charge in [0.05, 0.1) is 18.3 Å². The highest BCUT2D eigenvalue weighted by Gasteiger charge is 2.21. The Labute approximate surface area is 155 Å². The SMILES string of the molecule is Cc1oc2nc[nH]c(=O)c2c1C(=O)NCc1ccccc1CC(=O)N(C)C. The smallest absolute Gasteiger partial charge is 0.262 e. The van der Waals surface area contributed by atoms with Crippen LogP contribution in [0.1, 0.15) is 27.2 Å². The molecule has 2 aromatic heterocycles. The average Bonchev–Trinajstić information content (AvgIpc) is 2.98. The van der Waals surface area contributed by atoms with Crippen molar-refractivity contribution < 1.29 is 14.0 Å². The van der Waals surface area contributed by atoms with Crippen LogP contribution < -0.4 is 10.9 Å². The first-order valence-electron chi connectivity index (χ1n) is 8.40. The molecule has 2 heterocycles. The van der Waals surface area contributed by atoms with Gasteiger partial charge in [-0.15, -0.1) is 0 Å². The Morgan fingerprint density at radius 3 is 2.63 bits per heavy atom. The van der Waals surface area contributed by atoms with Crippen molar-refractivity contribution in [3.8, 4) is 0 Å². The van der Waals surface area contributed by atoms with E-state index in [2.05, 4.69) is 15.3 Å². The summed E-state index contributed by atoms with van der Waals surface area (Å²) in [6.45, 7) is 1.83. The maximum Gasteiger partial charge on any atom is 0.262 e. The van der Waals surface area contributed by atoms with E-state index in [1.54, 1.807) is 21.0 Å². The first kappa shape index (κ1) is 18.4. The zero-order valence-electron chi connectivity index (χ0n) is 15.3. The molecule has 0 aliphatic carbocycles. The summed E-state index contributed by atoms with van der Waals surface area (Å²) in [5.41, 5.74) is 1.53. The van der Waals surface area contributed by atoms with Crippen LogP contribution in [0, 0.1) is 6.92 Å². The quantitative estimate of drug-likeness (QED) is 0.707. The van der Waals surface area contributed by atoms with Crippen LogP contribution in [0.3, 0.4) is 0 Å². The molecule has 8 nitrogen and oxygen atoms in total. The molecule has 0 fully saturated rings. The summed E-state index contributed by atoms with van der Waals surface area (Å²) >= 11 is 0. The molecule has 0 aliphatic heterocycles. The molecule has 8 heteroatoms. The van der Waals surface area contributed by atoms with Gasteiger partial charge in [-0.2, -0.15) is 0 Å². The number of nitrogens with zero attached hydrogens (tertiary/aromatic N) is 2. The molecule has 0 saturated heterocycles. The highest BCUT2D eigenvalue weighted by Crippen LogP contribution is 2.20. The fourth-order valence-electron chi connectivity index (χ4n) is 2.81. The monoisotopic (exact) mass is 368 g/mol. The molecule has 2 amide bonds. The number of hydrogen-bond acceptors (Lipinski definition) is 5. The molecule has 1 aromatic carbocycles. The molecule has 0 aliphatic rings. The number of H-pyrrole nitrogens is 1. The Hall–Kier alpha value is -3.42. The van der Waals surface area contributed by atoms with Crippen molar-refractivity contribution in [1.82, 2.24) is 20.2 Å². The molecule has 0 spiro atoms. The number of likely N-dealkylation sites (N-methyl/N-ethyl adjacent to an activating group) is 1. The van der Waals surface area contributed by atoms with E-state index < -0.39 is 11.5 Å². The number of aromatic amines is 1. The number of fused-ring (bicyclic) bond motifs is 1. The minimum absolute atomic E-state index is 0.0249. The van der Waals surface area contributed by atoms with Crippen molar-refractivity contribution in [2.75, 3.05) is 14.1 Å². The highest BCUT2D eigenvalue weighted by atomic mass is 16.3. The number of furan rings is 1. The summed E-state index contributed by atoms with van der Waals surface area (Å²) < 4.78 is 5.41. The lowest BCUT2D eigenvalue weighted by Gasteiger charge is -2.13. The third-order valence-corrected chi connectivity index (χ3v) is 4.30. The van der Waals surface area contributed by atoms with Crippen molar-refractivity contribution in [2.45, 2.75) is 19.9 Å². The van der Waals surface area contributed by atoms with E-state index in [0.717, 1.165) is 11.1 Å². The van der Waals surface area contributed by atoms with E-state index in [9.17, 15) is 14.4 Å². The van der Waals surface area contributed by atoms with Gasteiger partial charge in [0.2, 0.25) is 11.6 Å². The third-order valence-electron chi connectivity index (χ3n) is 4.30. The fourth-order valence-corrected chi connectivity index (χ4v) is 2.81. The summed E-state index contributed by atoms with van der Waals surface area (Å²) in [5.74, 6) is -0.135. The molecule has 2 N–H and O–H groups in total. The minimum atomic E-state index is -0.432. The first-order chi connectivity index (χ1) is 12.9. The van der Waals surface area contributed by atoms with E-state index in [4.69, 9.17) is 4.42 Å². The summed E-state index contributed by atoms with van der Waals surface area (Å²) in [5, 5.41) is 2.93. The van der Waals surface area contributed by atoms with Gasteiger partial charge in [-0.1, -0.05) is 24.3 Å². The molecular weight excluding hydrogens is 348 g/mol. The molecule has 0 atom stereocenters. The summed E-state index contributed by atoms with van der Waals surface area (Å²) in [6.07, 6.45) is 1.48. The van der Waals surface area contributed by atoms with E-state index in [1.165, 1.54) is 11.2 Å². The van der Waals surface area contributed by atoms with Crippen LogP contribution in [-0.4, -0.2) is 40.8 Å². The maximum absolute atomic E-state index is 12.7. The van der Waals surface area contributed by atoms with Crippen LogP contribution in [0.5, 0.6) is 0 Å². The Balaban J connectivity index is 1.83. The number of carbonyl (C=O) groups excluding carboxylic acids is 2. The zero-order valence-corrected chi connectivity index (χ0v) is 15.3. The molecule has 0 saturated carbocycles. The molecular formula is C19H20N4O4. The Morgan fingerprint density at radius 1 is 1.22 bits per heavy atom. The molecule has 27 heavy (non-hydrogen) atoms. The summed E-state index contributed by atoms with van der Waals surface area (Å²) in [7, 11) is 3.40. The zero-order chi connectivity index (χ0) is 19.6. The maximum atomic E-state index is 12.7. The largest absolute Gasteiger partial charge is 0.442 e. The predicted octanol–water partition coefficient (Wildman–Crippen LogP) is 1.39. The van der Waals surface area contributed by atoms with Gasteiger partial charge in [-0.3, -0.25) is 14.4 Å². The highest BCUT2D eigenvalue weighted by molar-refractivity contribution is 6.06. The normalized spacial score (nSPS) is 10.8. The molecule has 140 valence electrons. The summed E-state index contributed by atoms with van der Waals surface area (Å²) in [6, 6.07) is 7.41. The standard InChI is InChI=1S/C19H20N4O4/c1-11-15(16-18(26)21-10-22-19(16)27-11)17(25)20-9-13-7-5-4-6-12(13)8-14(24)23(2)3/h4-7,10H,8-9H2,1-3H3,(H,20,25)(H,21,22,26). The lowest BCUT2D eigenvalue weighted by molar-refractivity contribution is -0.127. The van der Waals surface area contributed by atoms with E-state index in [0.29, 0.717) is 5.76 Å². The number of carbonyl (C=O) groups is 2. The second kappa shape index (κ2) is 7.45. The number of nitrogens with one attached hydrogen (secondary N) is 2. The number of benzene rings is 1. The van der Waals surface area contributed by atoms with Gasteiger partial charge in [0.25, 0.3) is 11.5 Å². The minimum Gasteiger partial charge on any atom is -0.442 e. The van der Waals surface area contributed by atoms with Crippen molar-refractivity contribution in [1.29, 1.82) is 0 Å². The molecule has 0 radical (unpaired) electrons. The molecule has 3 aromatic rings. The van der Waals surface area contributed by atoms with Crippen LogP contribution in [0.25, 0.3) is 11.1 Å². The number of amides is 2. The van der Waals surface area contributed by atoms with Crippen LogP contribution in [0.15, 0.2) is 39.8 Å². The third kappa shape index (κ3) is 3.74. The lowest BCUT2D eigenvalue weighted by Crippen LogP contribution is -2.27. The lowest BCUT2D eigenvalue weighted by atomic mass is 10.0. The molecule has 0 unspecified atom stereocenters. The van der Waals surface area contributed by atoms with Crippen molar-refractivity contribution >= 4 is 22.9 Å². The van der Waals surface area contributed by atoms with E-state index in [-0.39, 0.29) is 35.5 Å². The fraction of sp³-hybridized carbons (Fsp3) is 0.263. The second-order valence-corrected chi connectivity index (χ2v) is 6.36. The van der Waals surface area contributed by atoms with Crippen LogP contribution in [0.4, 0.5) is 0 Å². The van der Waals surface area contributed by atoms with Crippen LogP contribution >= 0.6 is 0 Å². The van der Waals surface area contributed by atoms with Gasteiger partial charge < -0.3 is 19.6 Å². The Morgan fingerprint density at radius 2 is 1.93 bits per heavy atom. The Bertz CT molecular complexity index is 1070. The van der Waals surface area contributed by atoms with Gasteiger partial charge in [0.15, 0.2) is 0 Å². The second-order valence-electron chi connectivity index (χ2n) is 6.36.